The second-order valence-corrected chi connectivity index (χ2v) is 9.15. The number of hydrogen-bond donors (Lipinski definition) is 1. The predicted octanol–water partition coefficient (Wildman–Crippen LogP) is 3.01. The molecule has 0 heterocycles. The van der Waals surface area contributed by atoms with Crippen LogP contribution in [0.5, 0.6) is 11.5 Å². The average Bonchev–Trinajstić information content (AvgIpc) is 2.73. The highest BCUT2D eigenvalue weighted by atomic mass is 16.5. The fourth-order valence-electron chi connectivity index (χ4n) is 6.30. The number of hydrogen-bond acceptors (Lipinski definition) is 6. The molecule has 0 spiro atoms. The van der Waals surface area contributed by atoms with Gasteiger partial charge in [-0.25, -0.2) is 4.79 Å². The Morgan fingerprint density at radius 2 is 1.70 bits per heavy atom. The van der Waals surface area contributed by atoms with Gasteiger partial charge in [0.25, 0.3) is 5.91 Å². The van der Waals surface area contributed by atoms with Gasteiger partial charge in [0.2, 0.25) is 0 Å². The first-order chi connectivity index (χ1) is 14.5. The largest absolute Gasteiger partial charge is 0.493 e. The van der Waals surface area contributed by atoms with Crippen molar-refractivity contribution >= 4 is 18.2 Å². The lowest BCUT2D eigenvalue weighted by Crippen LogP contribution is -2.51. The molecule has 4 fully saturated rings. The van der Waals surface area contributed by atoms with Gasteiger partial charge in [0.05, 0.1) is 14.2 Å². The summed E-state index contributed by atoms with van der Waals surface area (Å²) in [6.45, 7) is 0.249. The van der Waals surface area contributed by atoms with E-state index in [-0.39, 0.29) is 28.2 Å². The quantitative estimate of drug-likeness (QED) is 0.518. The van der Waals surface area contributed by atoms with Crippen LogP contribution in [0.2, 0.25) is 0 Å². The molecule has 4 saturated carbocycles. The second kappa shape index (κ2) is 8.28. The van der Waals surface area contributed by atoms with E-state index in [1.807, 2.05) is 0 Å². The topological polar surface area (TPSA) is 90.9 Å². The van der Waals surface area contributed by atoms with Crippen LogP contribution in [-0.4, -0.2) is 45.5 Å². The minimum atomic E-state index is -0.794. The van der Waals surface area contributed by atoms with E-state index in [9.17, 15) is 14.4 Å². The van der Waals surface area contributed by atoms with Crippen molar-refractivity contribution in [3.63, 3.8) is 0 Å². The summed E-state index contributed by atoms with van der Waals surface area (Å²) in [7, 11) is 2.81. The number of carbonyl (C=O) groups excluding carboxylic acids is 3. The van der Waals surface area contributed by atoms with Gasteiger partial charge < -0.3 is 19.5 Å². The van der Waals surface area contributed by atoms with Crippen LogP contribution in [0.3, 0.4) is 0 Å². The van der Waals surface area contributed by atoms with Gasteiger partial charge in [-0.05, 0) is 73.8 Å². The maximum absolute atomic E-state index is 12.6. The number of ether oxygens (including phenoxy) is 3. The number of rotatable bonds is 8. The molecule has 0 aliphatic heterocycles. The molecule has 1 aromatic carbocycles. The normalized spacial score (nSPS) is 28.7. The van der Waals surface area contributed by atoms with Gasteiger partial charge in [-0.15, -0.1) is 0 Å². The van der Waals surface area contributed by atoms with Gasteiger partial charge in [0, 0.05) is 12.1 Å². The van der Waals surface area contributed by atoms with E-state index in [2.05, 4.69) is 5.32 Å². The molecule has 0 aromatic heterocycles. The van der Waals surface area contributed by atoms with Crippen LogP contribution in [0.4, 0.5) is 0 Å². The Morgan fingerprint density at radius 3 is 2.23 bits per heavy atom. The molecule has 1 amide bonds. The number of nitrogens with one attached hydrogen (secondary N) is 1. The zero-order valence-corrected chi connectivity index (χ0v) is 17.6. The third-order valence-corrected chi connectivity index (χ3v) is 7.07. The predicted molar refractivity (Wildman–Crippen MR) is 109 cm³/mol. The summed E-state index contributed by atoms with van der Waals surface area (Å²) in [4.78, 5) is 36.4. The van der Waals surface area contributed by atoms with Crippen LogP contribution in [0.1, 0.15) is 59.2 Å². The van der Waals surface area contributed by atoms with Crippen molar-refractivity contribution < 1.29 is 28.6 Å². The number of benzene rings is 1. The Bertz CT molecular complexity index is 813. The number of esters is 1. The maximum Gasteiger partial charge on any atom is 0.343 e. The molecule has 0 atom stereocenters. The van der Waals surface area contributed by atoms with Gasteiger partial charge in [-0.2, -0.15) is 0 Å². The van der Waals surface area contributed by atoms with Crippen molar-refractivity contribution in [1.82, 2.24) is 5.32 Å². The molecule has 4 bridgehead atoms. The summed E-state index contributed by atoms with van der Waals surface area (Å²) in [6.07, 6.45) is 8.20. The third kappa shape index (κ3) is 3.89. The summed E-state index contributed by atoms with van der Waals surface area (Å²) in [5, 5.41) is 2.98. The van der Waals surface area contributed by atoms with Crippen LogP contribution >= 0.6 is 0 Å². The van der Waals surface area contributed by atoms with E-state index < -0.39 is 12.6 Å². The molecular formula is C23H29NO6. The molecule has 0 saturated heterocycles. The molecule has 1 N–H and O–H groups in total. The highest BCUT2D eigenvalue weighted by Crippen LogP contribution is 2.59. The van der Waals surface area contributed by atoms with Crippen LogP contribution in [-0.2, 0) is 9.53 Å². The Morgan fingerprint density at radius 1 is 1.07 bits per heavy atom. The zero-order valence-electron chi connectivity index (χ0n) is 17.6. The molecule has 0 radical (unpaired) electrons. The molecule has 1 aromatic rings. The zero-order chi connectivity index (χ0) is 21.3. The van der Waals surface area contributed by atoms with E-state index in [0.717, 1.165) is 17.8 Å². The van der Waals surface area contributed by atoms with Crippen LogP contribution in [0.15, 0.2) is 12.1 Å². The molecular weight excluding hydrogens is 386 g/mol. The van der Waals surface area contributed by atoms with Crippen molar-refractivity contribution in [1.29, 1.82) is 0 Å². The molecule has 30 heavy (non-hydrogen) atoms. The van der Waals surface area contributed by atoms with Gasteiger partial charge in [-0.1, -0.05) is 0 Å². The average molecular weight is 415 g/mol. The molecule has 7 heteroatoms. The minimum absolute atomic E-state index is 0.0410. The molecule has 162 valence electrons. The fourth-order valence-corrected chi connectivity index (χ4v) is 6.30. The van der Waals surface area contributed by atoms with Crippen LogP contribution in [0.25, 0.3) is 0 Å². The maximum atomic E-state index is 12.6. The summed E-state index contributed by atoms with van der Waals surface area (Å²) in [5.74, 6) is 1.74. The highest BCUT2D eigenvalue weighted by Gasteiger charge is 2.50. The SMILES string of the molecule is COc1ccc(C=O)c(C(=O)OCC(=O)NCC23CC4CC(CC(C4)C2)C3)c1OC. The molecule has 0 unspecified atom stereocenters. The molecule has 4 aliphatic rings. The third-order valence-electron chi connectivity index (χ3n) is 7.07. The first kappa shape index (κ1) is 20.7. The van der Waals surface area contributed by atoms with Crippen molar-refractivity contribution in [2.24, 2.45) is 23.2 Å². The first-order valence-electron chi connectivity index (χ1n) is 10.6. The lowest BCUT2D eigenvalue weighted by Gasteiger charge is -2.56. The molecule has 5 rings (SSSR count). The van der Waals surface area contributed by atoms with Gasteiger partial charge in [-0.3, -0.25) is 9.59 Å². The Hall–Kier alpha value is -2.57. The first-order valence-corrected chi connectivity index (χ1v) is 10.6. The van der Waals surface area contributed by atoms with E-state index in [0.29, 0.717) is 18.6 Å². The van der Waals surface area contributed by atoms with E-state index in [4.69, 9.17) is 14.2 Å². The number of aldehydes is 1. The Kier molecular flexibility index (Phi) is 5.71. The van der Waals surface area contributed by atoms with Crippen molar-refractivity contribution in [2.75, 3.05) is 27.4 Å². The van der Waals surface area contributed by atoms with Gasteiger partial charge >= 0.3 is 5.97 Å². The summed E-state index contributed by atoms with van der Waals surface area (Å²) >= 11 is 0. The number of methoxy groups -OCH3 is 2. The van der Waals surface area contributed by atoms with Gasteiger partial charge in [0.1, 0.15) is 5.56 Å². The van der Waals surface area contributed by atoms with Gasteiger partial charge in [0.15, 0.2) is 24.4 Å². The number of carbonyl (C=O) groups is 3. The van der Waals surface area contributed by atoms with Crippen molar-refractivity contribution in [2.45, 2.75) is 38.5 Å². The van der Waals surface area contributed by atoms with E-state index in [1.165, 1.54) is 64.9 Å². The van der Waals surface area contributed by atoms with E-state index in [1.54, 1.807) is 0 Å². The minimum Gasteiger partial charge on any atom is -0.493 e. The molecule has 4 aliphatic carbocycles. The Labute approximate surface area is 176 Å². The van der Waals surface area contributed by atoms with Crippen LogP contribution < -0.4 is 14.8 Å². The smallest absolute Gasteiger partial charge is 0.343 e. The Balaban J connectivity index is 1.35. The second-order valence-electron chi connectivity index (χ2n) is 9.15. The van der Waals surface area contributed by atoms with Crippen LogP contribution in [0, 0.1) is 23.2 Å². The summed E-state index contributed by atoms with van der Waals surface area (Å²) in [6, 6.07) is 3.00. The standard InChI is InChI=1S/C23H29NO6/c1-28-18-4-3-17(11-25)20(21(18)29-2)22(27)30-12-19(26)24-13-23-8-14-5-15(9-23)7-16(6-14)10-23/h3-4,11,14-16H,5-10,12-13H2,1-2H3,(H,24,26). The monoisotopic (exact) mass is 415 g/mol. The lowest BCUT2D eigenvalue weighted by molar-refractivity contribution is -0.126. The van der Waals surface area contributed by atoms with Crippen molar-refractivity contribution in [3.05, 3.63) is 23.3 Å². The van der Waals surface area contributed by atoms with E-state index >= 15 is 0 Å². The van der Waals surface area contributed by atoms with Crippen molar-refractivity contribution in [3.8, 4) is 11.5 Å². The molecule has 7 nitrogen and oxygen atoms in total. The fraction of sp³-hybridized carbons (Fsp3) is 0.609. The summed E-state index contributed by atoms with van der Waals surface area (Å²) in [5.41, 5.74) is 0.294. The number of amides is 1. The summed E-state index contributed by atoms with van der Waals surface area (Å²) < 4.78 is 15.6. The lowest BCUT2D eigenvalue weighted by atomic mass is 9.49. The highest BCUT2D eigenvalue weighted by molar-refractivity contribution is 6.02.